The van der Waals surface area contributed by atoms with E-state index in [2.05, 4.69) is 6.07 Å². The molecule has 0 aliphatic heterocycles. The molecule has 4 rings (SSSR count). The minimum atomic E-state index is 0.0391. The van der Waals surface area contributed by atoms with Crippen LogP contribution in [0.15, 0.2) is 0 Å². The molecule has 1 amide bonds. The lowest BCUT2D eigenvalue weighted by molar-refractivity contribution is -0.149. The van der Waals surface area contributed by atoms with Crippen LogP contribution in [0.4, 0.5) is 0 Å². The van der Waals surface area contributed by atoms with Gasteiger partial charge in [0.1, 0.15) is 0 Å². The first-order valence-corrected chi connectivity index (χ1v) is 7.54. The van der Waals surface area contributed by atoms with E-state index in [1.54, 1.807) is 0 Å². The number of nitrogens with two attached hydrogens (primary N) is 1. The van der Waals surface area contributed by atoms with Crippen LogP contribution in [0.3, 0.4) is 0 Å². The van der Waals surface area contributed by atoms with Gasteiger partial charge in [-0.2, -0.15) is 5.26 Å². The van der Waals surface area contributed by atoms with Gasteiger partial charge in [-0.3, -0.25) is 4.79 Å². The molecule has 2 N–H and O–H groups in total. The Hall–Kier alpha value is -1.08. The van der Waals surface area contributed by atoms with Crippen molar-refractivity contribution in [1.82, 2.24) is 4.90 Å². The van der Waals surface area contributed by atoms with Gasteiger partial charge in [0.15, 0.2) is 0 Å². The molecule has 104 valence electrons. The van der Waals surface area contributed by atoms with Crippen LogP contribution >= 0.6 is 0 Å². The van der Waals surface area contributed by atoms with Gasteiger partial charge in [0, 0.05) is 12.1 Å². The molecule has 0 radical (unpaired) electrons. The van der Waals surface area contributed by atoms with E-state index in [0.29, 0.717) is 13.0 Å². The van der Waals surface area contributed by atoms with Gasteiger partial charge in [0.25, 0.3) is 0 Å². The summed E-state index contributed by atoms with van der Waals surface area (Å²) in [6, 6.07) is 2.17. The Labute approximate surface area is 114 Å². The second kappa shape index (κ2) is 4.79. The summed E-state index contributed by atoms with van der Waals surface area (Å²) < 4.78 is 0. The van der Waals surface area contributed by atoms with Crippen LogP contribution in [0, 0.1) is 29.1 Å². The fraction of sp³-hybridized carbons (Fsp3) is 0.867. The molecule has 0 heterocycles. The Balaban J connectivity index is 1.84. The monoisotopic (exact) mass is 261 g/mol. The summed E-state index contributed by atoms with van der Waals surface area (Å²) in [5.41, 5.74) is 5.63. The van der Waals surface area contributed by atoms with Crippen molar-refractivity contribution in [3.05, 3.63) is 0 Å². The SMILES string of the molecule is N#CCCN(C(=O)CN)C12CC3CC(CC(C3)C1)C2. The van der Waals surface area contributed by atoms with E-state index in [4.69, 9.17) is 11.0 Å². The van der Waals surface area contributed by atoms with Crippen LogP contribution in [0.5, 0.6) is 0 Å². The normalized spacial score (nSPS) is 39.1. The summed E-state index contributed by atoms with van der Waals surface area (Å²) in [6.45, 7) is 0.645. The molecule has 0 aromatic carbocycles. The number of rotatable bonds is 4. The molecule has 0 spiro atoms. The minimum absolute atomic E-state index is 0.0391. The molecule has 19 heavy (non-hydrogen) atoms. The summed E-state index contributed by atoms with van der Waals surface area (Å²) in [5.74, 6) is 2.46. The summed E-state index contributed by atoms with van der Waals surface area (Å²) in [6.07, 6.45) is 7.96. The lowest BCUT2D eigenvalue weighted by Gasteiger charge is -2.60. The van der Waals surface area contributed by atoms with Crippen LogP contribution < -0.4 is 5.73 Å². The third-order valence-corrected chi connectivity index (χ3v) is 5.50. The van der Waals surface area contributed by atoms with Crippen LogP contribution in [0.25, 0.3) is 0 Å². The minimum Gasteiger partial charge on any atom is -0.335 e. The predicted octanol–water partition coefficient (Wildman–Crippen LogP) is 1.66. The molecule has 4 aliphatic rings. The molecule has 4 bridgehead atoms. The van der Waals surface area contributed by atoms with Gasteiger partial charge in [-0.05, 0) is 56.3 Å². The third-order valence-electron chi connectivity index (χ3n) is 5.50. The Morgan fingerprint density at radius 2 is 1.74 bits per heavy atom. The van der Waals surface area contributed by atoms with Crippen molar-refractivity contribution in [3.8, 4) is 6.07 Å². The van der Waals surface area contributed by atoms with Crippen molar-refractivity contribution in [1.29, 1.82) is 5.26 Å². The Morgan fingerprint density at radius 3 is 2.16 bits per heavy atom. The van der Waals surface area contributed by atoms with Crippen molar-refractivity contribution in [2.45, 2.75) is 50.5 Å². The number of carbonyl (C=O) groups is 1. The number of nitrogens with zero attached hydrogens (tertiary/aromatic N) is 2. The third kappa shape index (κ3) is 2.14. The van der Waals surface area contributed by atoms with E-state index in [1.807, 2.05) is 4.90 Å². The molecule has 4 fully saturated rings. The van der Waals surface area contributed by atoms with Crippen molar-refractivity contribution >= 4 is 5.91 Å². The van der Waals surface area contributed by atoms with Gasteiger partial charge in [-0.15, -0.1) is 0 Å². The lowest BCUT2D eigenvalue weighted by Crippen LogP contribution is -2.62. The van der Waals surface area contributed by atoms with Gasteiger partial charge >= 0.3 is 0 Å². The van der Waals surface area contributed by atoms with E-state index in [1.165, 1.54) is 19.3 Å². The maximum absolute atomic E-state index is 12.2. The first-order valence-electron chi connectivity index (χ1n) is 7.54. The predicted molar refractivity (Wildman–Crippen MR) is 71.9 cm³/mol. The van der Waals surface area contributed by atoms with Crippen LogP contribution in [0.1, 0.15) is 44.9 Å². The van der Waals surface area contributed by atoms with Crippen molar-refractivity contribution in [2.24, 2.45) is 23.5 Å². The van der Waals surface area contributed by atoms with E-state index in [0.717, 1.165) is 37.0 Å². The van der Waals surface area contributed by atoms with Crippen LogP contribution in [-0.4, -0.2) is 29.4 Å². The quantitative estimate of drug-likeness (QED) is 0.836. The zero-order chi connectivity index (χ0) is 13.5. The first kappa shape index (κ1) is 12.9. The molecule has 4 aliphatic carbocycles. The number of hydrogen-bond acceptors (Lipinski definition) is 3. The Bertz CT molecular complexity index is 377. The average Bonchev–Trinajstić information content (AvgIpc) is 2.37. The van der Waals surface area contributed by atoms with Crippen LogP contribution in [-0.2, 0) is 4.79 Å². The van der Waals surface area contributed by atoms with E-state index in [-0.39, 0.29) is 18.0 Å². The molecule has 0 atom stereocenters. The molecular weight excluding hydrogens is 238 g/mol. The number of nitriles is 1. The highest BCUT2D eigenvalue weighted by Crippen LogP contribution is 2.57. The first-order chi connectivity index (χ1) is 9.16. The van der Waals surface area contributed by atoms with E-state index in [9.17, 15) is 4.79 Å². The maximum atomic E-state index is 12.2. The summed E-state index contributed by atoms with van der Waals surface area (Å²) in [4.78, 5) is 14.2. The maximum Gasteiger partial charge on any atom is 0.236 e. The molecule has 4 saturated carbocycles. The molecule has 0 saturated heterocycles. The molecule has 4 heteroatoms. The van der Waals surface area contributed by atoms with Gasteiger partial charge in [0.05, 0.1) is 19.0 Å². The van der Waals surface area contributed by atoms with Gasteiger partial charge in [0.2, 0.25) is 5.91 Å². The largest absolute Gasteiger partial charge is 0.335 e. The Kier molecular flexibility index (Phi) is 3.26. The van der Waals surface area contributed by atoms with Crippen molar-refractivity contribution in [3.63, 3.8) is 0 Å². The topological polar surface area (TPSA) is 70.1 Å². The van der Waals surface area contributed by atoms with E-state index >= 15 is 0 Å². The molecule has 0 aromatic rings. The Morgan fingerprint density at radius 1 is 1.21 bits per heavy atom. The number of amides is 1. The van der Waals surface area contributed by atoms with Crippen LogP contribution in [0.2, 0.25) is 0 Å². The van der Waals surface area contributed by atoms with Crippen molar-refractivity contribution < 1.29 is 4.79 Å². The zero-order valence-corrected chi connectivity index (χ0v) is 11.5. The summed E-state index contributed by atoms with van der Waals surface area (Å²) in [7, 11) is 0. The summed E-state index contributed by atoms with van der Waals surface area (Å²) in [5, 5.41) is 8.83. The fourth-order valence-corrected chi connectivity index (χ4v) is 5.29. The number of carbonyl (C=O) groups excluding carboxylic acids is 1. The van der Waals surface area contributed by atoms with E-state index < -0.39 is 0 Å². The molecular formula is C15H23N3O. The average molecular weight is 261 g/mol. The second-order valence-electron chi connectivity index (χ2n) is 6.80. The van der Waals surface area contributed by atoms with Gasteiger partial charge in [-0.1, -0.05) is 0 Å². The zero-order valence-electron chi connectivity index (χ0n) is 11.5. The fourth-order valence-electron chi connectivity index (χ4n) is 5.29. The molecule has 4 nitrogen and oxygen atoms in total. The van der Waals surface area contributed by atoms with Gasteiger partial charge < -0.3 is 10.6 Å². The highest BCUT2D eigenvalue weighted by molar-refractivity contribution is 5.79. The number of hydrogen-bond donors (Lipinski definition) is 1. The smallest absolute Gasteiger partial charge is 0.236 e. The molecule has 0 aromatic heterocycles. The highest BCUT2D eigenvalue weighted by atomic mass is 16.2. The van der Waals surface area contributed by atoms with Crippen molar-refractivity contribution in [2.75, 3.05) is 13.1 Å². The highest BCUT2D eigenvalue weighted by Gasteiger charge is 2.54. The summed E-state index contributed by atoms with van der Waals surface area (Å²) >= 11 is 0. The standard InChI is InChI=1S/C15H23N3O/c16-2-1-3-18(14(19)10-17)15-7-11-4-12(8-15)6-13(5-11)9-15/h11-13H,1,3-10,17H2. The van der Waals surface area contributed by atoms with Gasteiger partial charge in [-0.25, -0.2) is 0 Å². The molecule has 0 unspecified atom stereocenters. The second-order valence-corrected chi connectivity index (χ2v) is 6.80. The lowest BCUT2D eigenvalue weighted by atomic mass is 9.52.